The van der Waals surface area contributed by atoms with E-state index in [-0.39, 0.29) is 11.7 Å². The molecule has 0 aliphatic carbocycles. The van der Waals surface area contributed by atoms with E-state index in [2.05, 4.69) is 35.3 Å². The highest BCUT2D eigenvalue weighted by atomic mass is 16.5. The molecule has 0 saturated heterocycles. The van der Waals surface area contributed by atoms with Crippen LogP contribution < -0.4 is 10.2 Å². The van der Waals surface area contributed by atoms with Crippen LogP contribution in [0.1, 0.15) is 42.5 Å². The molecule has 0 bridgehead atoms. The van der Waals surface area contributed by atoms with Crippen LogP contribution in [0.2, 0.25) is 0 Å². The summed E-state index contributed by atoms with van der Waals surface area (Å²) in [6.07, 6.45) is 1.45. The zero-order valence-electron chi connectivity index (χ0n) is 15.2. The molecule has 2 rings (SSSR count). The molecule has 0 unspecified atom stereocenters. The molecule has 6 heteroatoms. The Bertz CT molecular complexity index is 720. The van der Waals surface area contributed by atoms with E-state index >= 15 is 0 Å². The van der Waals surface area contributed by atoms with Crippen LogP contribution in [0, 0.1) is 0 Å². The summed E-state index contributed by atoms with van der Waals surface area (Å²) in [5.74, 6) is 0.706. The molecule has 0 spiro atoms. The van der Waals surface area contributed by atoms with Gasteiger partial charge in [0.15, 0.2) is 5.76 Å². The molecule has 1 aromatic carbocycles. The Hall–Kier alpha value is -2.60. The molecule has 1 aromatic heterocycles. The number of hydrogen-bond acceptors (Lipinski definition) is 5. The van der Waals surface area contributed by atoms with Gasteiger partial charge in [0.2, 0.25) is 0 Å². The van der Waals surface area contributed by atoms with Gasteiger partial charge in [0.05, 0.1) is 19.1 Å². The van der Waals surface area contributed by atoms with E-state index in [0.29, 0.717) is 5.71 Å². The molecule has 0 fully saturated rings. The molecular formula is C19H25N3O3. The van der Waals surface area contributed by atoms with Crippen LogP contribution >= 0.6 is 0 Å². The first kappa shape index (κ1) is 18.7. The lowest BCUT2D eigenvalue weighted by atomic mass is 10.1. The number of hydrogen-bond donors (Lipinski definition) is 1. The summed E-state index contributed by atoms with van der Waals surface area (Å²) in [6.45, 7) is 8.86. The molecule has 0 aliphatic rings. The van der Waals surface area contributed by atoms with Crippen molar-refractivity contribution in [3.05, 3.63) is 53.5 Å². The third-order valence-electron chi connectivity index (χ3n) is 4.06. The number of furan rings is 1. The smallest absolute Gasteiger partial charge is 0.307 e. The van der Waals surface area contributed by atoms with Crippen molar-refractivity contribution in [2.24, 2.45) is 5.10 Å². The van der Waals surface area contributed by atoms with Crippen LogP contribution in [-0.4, -0.2) is 36.7 Å². The van der Waals surface area contributed by atoms with E-state index in [1.165, 1.54) is 6.26 Å². The summed E-state index contributed by atoms with van der Waals surface area (Å²) in [5.41, 5.74) is 5.25. The van der Waals surface area contributed by atoms with E-state index in [1.54, 1.807) is 19.2 Å². The van der Waals surface area contributed by atoms with Crippen LogP contribution in [0.15, 0.2) is 46.1 Å². The fourth-order valence-corrected chi connectivity index (χ4v) is 2.48. The Labute approximate surface area is 148 Å². The molecule has 134 valence electrons. The van der Waals surface area contributed by atoms with Gasteiger partial charge in [-0.05, 0) is 55.9 Å². The maximum absolute atomic E-state index is 11.9. The largest absolute Gasteiger partial charge is 0.496 e. The lowest BCUT2D eigenvalue weighted by molar-refractivity contribution is 0.0927. The summed E-state index contributed by atoms with van der Waals surface area (Å²) in [6, 6.07) is 9.17. The van der Waals surface area contributed by atoms with Crippen LogP contribution in [0.5, 0.6) is 5.75 Å². The van der Waals surface area contributed by atoms with E-state index in [0.717, 1.165) is 36.5 Å². The van der Waals surface area contributed by atoms with Crippen molar-refractivity contribution in [1.29, 1.82) is 0 Å². The maximum atomic E-state index is 11.9. The number of nitrogens with zero attached hydrogens (tertiary/aromatic N) is 2. The van der Waals surface area contributed by atoms with Gasteiger partial charge in [-0.2, -0.15) is 5.10 Å². The van der Waals surface area contributed by atoms with E-state index in [4.69, 9.17) is 9.15 Å². The number of benzene rings is 1. The number of ether oxygens (including phenoxy) is 1. The number of hydrazone groups is 1. The molecule has 1 heterocycles. The Morgan fingerprint density at radius 1 is 1.28 bits per heavy atom. The minimum atomic E-state index is -0.374. The first-order valence-corrected chi connectivity index (χ1v) is 8.36. The quantitative estimate of drug-likeness (QED) is 0.590. The zero-order valence-corrected chi connectivity index (χ0v) is 15.2. The van der Waals surface area contributed by atoms with Gasteiger partial charge < -0.3 is 9.15 Å². The maximum Gasteiger partial charge on any atom is 0.307 e. The third kappa shape index (κ3) is 4.93. The van der Waals surface area contributed by atoms with Crippen molar-refractivity contribution in [2.75, 3.05) is 20.2 Å². The molecule has 0 aliphatic heterocycles. The number of carbonyl (C=O) groups excluding carboxylic acids is 1. The molecule has 0 radical (unpaired) electrons. The van der Waals surface area contributed by atoms with Gasteiger partial charge in [0.25, 0.3) is 0 Å². The Morgan fingerprint density at radius 3 is 2.64 bits per heavy atom. The van der Waals surface area contributed by atoms with Gasteiger partial charge in [-0.3, -0.25) is 9.69 Å². The first-order valence-electron chi connectivity index (χ1n) is 8.36. The number of carbonyl (C=O) groups is 1. The molecule has 6 nitrogen and oxygen atoms in total. The Kier molecular flexibility index (Phi) is 6.77. The predicted molar refractivity (Wildman–Crippen MR) is 98.0 cm³/mol. The second-order valence-electron chi connectivity index (χ2n) is 5.60. The average molecular weight is 343 g/mol. The summed E-state index contributed by atoms with van der Waals surface area (Å²) < 4.78 is 10.5. The second kappa shape index (κ2) is 9.03. The average Bonchev–Trinajstić information content (AvgIpc) is 3.18. The van der Waals surface area contributed by atoms with Crippen molar-refractivity contribution in [2.45, 2.75) is 27.3 Å². The molecular weight excluding hydrogens is 318 g/mol. The SMILES string of the molecule is CCN(CC)Cc1cc(/C(C)=N/NC(=O)c2ccco2)ccc1OC. The number of amides is 1. The van der Waals surface area contributed by atoms with Gasteiger partial charge >= 0.3 is 5.91 Å². The molecule has 1 N–H and O–H groups in total. The number of rotatable bonds is 8. The lowest BCUT2D eigenvalue weighted by Crippen LogP contribution is -2.22. The monoisotopic (exact) mass is 343 g/mol. The van der Waals surface area contributed by atoms with Crippen LogP contribution in [0.25, 0.3) is 0 Å². The molecule has 0 atom stereocenters. The zero-order chi connectivity index (χ0) is 18.2. The first-order chi connectivity index (χ1) is 12.1. The molecule has 25 heavy (non-hydrogen) atoms. The summed E-state index contributed by atoms with van der Waals surface area (Å²) >= 11 is 0. The Morgan fingerprint density at radius 2 is 2.04 bits per heavy atom. The number of nitrogens with one attached hydrogen (secondary N) is 1. The summed E-state index contributed by atoms with van der Waals surface area (Å²) in [4.78, 5) is 14.2. The number of methoxy groups -OCH3 is 1. The topological polar surface area (TPSA) is 67.1 Å². The fraction of sp³-hybridized carbons (Fsp3) is 0.368. The fourth-order valence-electron chi connectivity index (χ4n) is 2.48. The van der Waals surface area contributed by atoms with Crippen molar-refractivity contribution in [3.8, 4) is 5.75 Å². The van der Waals surface area contributed by atoms with Crippen molar-refractivity contribution < 1.29 is 13.9 Å². The van der Waals surface area contributed by atoms with Crippen LogP contribution in [0.3, 0.4) is 0 Å². The van der Waals surface area contributed by atoms with E-state index in [1.807, 2.05) is 19.1 Å². The summed E-state index contributed by atoms with van der Waals surface area (Å²) in [7, 11) is 1.67. The molecule has 2 aromatic rings. The minimum Gasteiger partial charge on any atom is -0.496 e. The van der Waals surface area contributed by atoms with Crippen molar-refractivity contribution in [3.63, 3.8) is 0 Å². The van der Waals surface area contributed by atoms with E-state index in [9.17, 15) is 4.79 Å². The molecule has 1 amide bonds. The van der Waals surface area contributed by atoms with Crippen LogP contribution in [-0.2, 0) is 6.54 Å². The van der Waals surface area contributed by atoms with Gasteiger partial charge in [-0.1, -0.05) is 13.8 Å². The van der Waals surface area contributed by atoms with E-state index < -0.39 is 0 Å². The van der Waals surface area contributed by atoms with Gasteiger partial charge in [-0.25, -0.2) is 5.43 Å². The lowest BCUT2D eigenvalue weighted by Gasteiger charge is -2.20. The van der Waals surface area contributed by atoms with Crippen LogP contribution in [0.4, 0.5) is 0 Å². The molecule has 0 saturated carbocycles. The standard InChI is InChI=1S/C19H25N3O3/c1-5-22(6-2)13-16-12-15(9-10-17(16)24-4)14(3)20-21-19(23)18-8-7-11-25-18/h7-12H,5-6,13H2,1-4H3,(H,21,23)/b20-14+. The highest BCUT2D eigenvalue weighted by Crippen LogP contribution is 2.22. The van der Waals surface area contributed by atoms with Crippen molar-refractivity contribution >= 4 is 11.6 Å². The predicted octanol–water partition coefficient (Wildman–Crippen LogP) is 3.28. The minimum absolute atomic E-state index is 0.230. The highest BCUT2D eigenvalue weighted by molar-refractivity contribution is 6.00. The van der Waals surface area contributed by atoms with Crippen molar-refractivity contribution in [1.82, 2.24) is 10.3 Å². The normalized spacial score (nSPS) is 11.6. The Balaban J connectivity index is 2.17. The van der Waals surface area contributed by atoms with Gasteiger partial charge in [0, 0.05) is 12.1 Å². The van der Waals surface area contributed by atoms with Gasteiger partial charge in [0.1, 0.15) is 5.75 Å². The summed E-state index contributed by atoms with van der Waals surface area (Å²) in [5, 5.41) is 4.17. The second-order valence-corrected chi connectivity index (χ2v) is 5.60. The highest BCUT2D eigenvalue weighted by Gasteiger charge is 2.11. The third-order valence-corrected chi connectivity index (χ3v) is 4.06. The van der Waals surface area contributed by atoms with Gasteiger partial charge in [-0.15, -0.1) is 0 Å².